The normalized spacial score (nSPS) is 32.6. The van der Waals surface area contributed by atoms with Crippen LogP contribution in [0.5, 0.6) is 0 Å². The molecule has 21 heavy (non-hydrogen) atoms. The second-order valence-electron chi connectivity index (χ2n) is 8.54. The molecule has 0 aromatic heterocycles. The van der Waals surface area contributed by atoms with Crippen molar-refractivity contribution in [2.24, 2.45) is 16.7 Å². The molecule has 1 heterocycles. The minimum Gasteiger partial charge on any atom is -0.444 e. The monoisotopic (exact) mass is 295 g/mol. The molecular weight excluding hydrogens is 266 g/mol. The van der Waals surface area contributed by atoms with Gasteiger partial charge in [0.1, 0.15) is 11.4 Å². The highest BCUT2D eigenvalue weighted by molar-refractivity contribution is 5.85. The number of carbonyl (C=O) groups excluding carboxylic acids is 2. The van der Waals surface area contributed by atoms with Crippen molar-refractivity contribution in [3.05, 3.63) is 0 Å². The van der Waals surface area contributed by atoms with E-state index < -0.39 is 5.60 Å². The fourth-order valence-corrected chi connectivity index (χ4v) is 4.14. The van der Waals surface area contributed by atoms with Crippen LogP contribution in [0.3, 0.4) is 0 Å². The van der Waals surface area contributed by atoms with Gasteiger partial charge in [0.05, 0.1) is 0 Å². The molecule has 0 aromatic carbocycles. The first kappa shape index (κ1) is 16.3. The minimum atomic E-state index is -0.462. The van der Waals surface area contributed by atoms with Crippen LogP contribution in [0.15, 0.2) is 0 Å². The summed E-state index contributed by atoms with van der Waals surface area (Å²) in [7, 11) is 0. The maximum Gasteiger partial charge on any atom is 0.410 e. The number of hydrogen-bond donors (Lipinski definition) is 0. The molecule has 2 aliphatic rings. The van der Waals surface area contributed by atoms with Crippen molar-refractivity contribution in [2.75, 3.05) is 13.1 Å². The number of amides is 1. The molecule has 0 bridgehead atoms. The van der Waals surface area contributed by atoms with E-state index >= 15 is 0 Å². The van der Waals surface area contributed by atoms with Gasteiger partial charge in [-0.1, -0.05) is 20.8 Å². The van der Waals surface area contributed by atoms with E-state index in [-0.39, 0.29) is 16.9 Å². The average Bonchev–Trinajstić information content (AvgIpc) is 2.32. The van der Waals surface area contributed by atoms with Crippen molar-refractivity contribution in [1.29, 1.82) is 0 Å². The number of piperidine rings is 1. The molecule has 2 atom stereocenters. The third-order valence-electron chi connectivity index (χ3n) is 5.25. The number of carbonyl (C=O) groups is 2. The Kier molecular flexibility index (Phi) is 3.88. The molecule has 1 amide bonds. The highest BCUT2D eigenvalue weighted by Gasteiger charge is 2.53. The number of likely N-dealkylation sites (tertiary alicyclic amines) is 1. The summed E-state index contributed by atoms with van der Waals surface area (Å²) >= 11 is 0. The van der Waals surface area contributed by atoms with E-state index in [1.807, 2.05) is 25.7 Å². The third kappa shape index (κ3) is 3.09. The van der Waals surface area contributed by atoms with Crippen LogP contribution in [-0.4, -0.2) is 35.5 Å². The molecule has 0 unspecified atom stereocenters. The van der Waals surface area contributed by atoms with Gasteiger partial charge in [-0.25, -0.2) is 4.79 Å². The Morgan fingerprint density at radius 1 is 1.29 bits per heavy atom. The first-order chi connectivity index (χ1) is 9.46. The van der Waals surface area contributed by atoms with Gasteiger partial charge < -0.3 is 9.64 Å². The molecule has 0 spiro atoms. The molecule has 0 N–H and O–H groups in total. The summed E-state index contributed by atoms with van der Waals surface area (Å²) in [5.41, 5.74) is -0.712. The van der Waals surface area contributed by atoms with Gasteiger partial charge >= 0.3 is 6.09 Å². The Labute approximate surface area is 128 Å². The van der Waals surface area contributed by atoms with Gasteiger partial charge in [-0.15, -0.1) is 0 Å². The predicted molar refractivity (Wildman–Crippen MR) is 82.0 cm³/mol. The largest absolute Gasteiger partial charge is 0.444 e. The maximum absolute atomic E-state index is 12.3. The maximum atomic E-state index is 12.3. The minimum absolute atomic E-state index is 0.0204. The van der Waals surface area contributed by atoms with Crippen LogP contribution in [0.2, 0.25) is 0 Å². The molecular formula is C17H29NO3. The van der Waals surface area contributed by atoms with Gasteiger partial charge in [0.15, 0.2) is 0 Å². The lowest BCUT2D eigenvalue weighted by atomic mass is 9.53. The van der Waals surface area contributed by atoms with Crippen LogP contribution in [0, 0.1) is 16.7 Å². The van der Waals surface area contributed by atoms with E-state index in [0.29, 0.717) is 31.2 Å². The third-order valence-corrected chi connectivity index (χ3v) is 5.25. The standard InChI is InChI=1S/C17H29NO3/c1-15(2,3)21-14(20)18-10-8-12-16(4,5)13(19)7-9-17(12,6)11-18/h12H,7-11H2,1-6H3/t12-,17-/m1/s1. The van der Waals surface area contributed by atoms with Gasteiger partial charge in [-0.05, 0) is 44.9 Å². The van der Waals surface area contributed by atoms with Crippen LogP contribution in [0.4, 0.5) is 4.79 Å². The van der Waals surface area contributed by atoms with Crippen molar-refractivity contribution >= 4 is 11.9 Å². The highest BCUT2D eigenvalue weighted by atomic mass is 16.6. The molecule has 2 rings (SSSR count). The van der Waals surface area contributed by atoms with Crippen molar-refractivity contribution in [1.82, 2.24) is 4.90 Å². The number of nitrogens with zero attached hydrogens (tertiary/aromatic N) is 1. The van der Waals surface area contributed by atoms with E-state index in [0.717, 1.165) is 12.8 Å². The van der Waals surface area contributed by atoms with Crippen LogP contribution >= 0.6 is 0 Å². The van der Waals surface area contributed by atoms with E-state index in [2.05, 4.69) is 20.8 Å². The van der Waals surface area contributed by atoms with Crippen molar-refractivity contribution in [3.63, 3.8) is 0 Å². The molecule has 1 saturated carbocycles. The quantitative estimate of drug-likeness (QED) is 0.685. The molecule has 1 saturated heterocycles. The Morgan fingerprint density at radius 3 is 2.48 bits per heavy atom. The molecule has 0 aromatic rings. The zero-order chi connectivity index (χ0) is 16.1. The van der Waals surface area contributed by atoms with E-state index in [1.54, 1.807) is 0 Å². The molecule has 4 heteroatoms. The van der Waals surface area contributed by atoms with Crippen molar-refractivity contribution in [2.45, 2.75) is 66.4 Å². The van der Waals surface area contributed by atoms with Crippen LogP contribution in [-0.2, 0) is 9.53 Å². The second kappa shape index (κ2) is 4.99. The molecule has 120 valence electrons. The summed E-state index contributed by atoms with van der Waals surface area (Å²) < 4.78 is 5.50. The molecule has 1 aliphatic heterocycles. The summed E-state index contributed by atoms with van der Waals surface area (Å²) in [4.78, 5) is 26.3. The summed E-state index contributed by atoms with van der Waals surface area (Å²) in [6.45, 7) is 13.4. The van der Waals surface area contributed by atoms with Gasteiger partial charge in [-0.2, -0.15) is 0 Å². The van der Waals surface area contributed by atoms with Crippen molar-refractivity contribution < 1.29 is 14.3 Å². The lowest BCUT2D eigenvalue weighted by Crippen LogP contribution is -2.58. The predicted octanol–water partition coefficient (Wildman–Crippen LogP) is 3.64. The van der Waals surface area contributed by atoms with Gasteiger partial charge in [0.25, 0.3) is 0 Å². The average molecular weight is 295 g/mol. The van der Waals surface area contributed by atoms with Crippen molar-refractivity contribution in [3.8, 4) is 0 Å². The van der Waals surface area contributed by atoms with Crippen LogP contribution in [0.25, 0.3) is 0 Å². The Morgan fingerprint density at radius 2 is 1.90 bits per heavy atom. The first-order valence-electron chi connectivity index (χ1n) is 7.97. The van der Waals surface area contributed by atoms with E-state index in [4.69, 9.17) is 4.74 Å². The Bertz CT molecular complexity index is 449. The summed E-state index contributed by atoms with van der Waals surface area (Å²) in [6, 6.07) is 0. The van der Waals surface area contributed by atoms with E-state index in [9.17, 15) is 9.59 Å². The smallest absolute Gasteiger partial charge is 0.410 e. The first-order valence-corrected chi connectivity index (χ1v) is 7.97. The fraction of sp³-hybridized carbons (Fsp3) is 0.882. The van der Waals surface area contributed by atoms with Gasteiger partial charge in [0, 0.05) is 24.9 Å². The molecule has 1 aliphatic carbocycles. The summed E-state index contributed by atoms with van der Waals surface area (Å²) in [6.07, 6.45) is 2.16. The number of ether oxygens (including phenoxy) is 1. The number of rotatable bonds is 0. The SMILES string of the molecule is CC(C)(C)OC(=O)N1CC[C@@H]2C(C)(C)C(=O)CC[C@]2(C)C1. The summed E-state index contributed by atoms with van der Waals surface area (Å²) in [5.74, 6) is 0.723. The summed E-state index contributed by atoms with van der Waals surface area (Å²) in [5, 5.41) is 0. The lowest BCUT2D eigenvalue weighted by molar-refractivity contribution is -0.144. The van der Waals surface area contributed by atoms with E-state index in [1.165, 1.54) is 0 Å². The zero-order valence-electron chi connectivity index (χ0n) is 14.3. The number of fused-ring (bicyclic) bond motifs is 1. The number of ketones is 1. The number of hydrogen-bond acceptors (Lipinski definition) is 3. The van der Waals surface area contributed by atoms with Gasteiger partial charge in [0.2, 0.25) is 0 Å². The van der Waals surface area contributed by atoms with Crippen LogP contribution < -0.4 is 0 Å². The second-order valence-corrected chi connectivity index (χ2v) is 8.54. The molecule has 4 nitrogen and oxygen atoms in total. The Balaban J connectivity index is 2.13. The fourth-order valence-electron chi connectivity index (χ4n) is 4.14. The lowest BCUT2D eigenvalue weighted by Gasteiger charge is -2.54. The topological polar surface area (TPSA) is 46.6 Å². The highest BCUT2D eigenvalue weighted by Crippen LogP contribution is 2.53. The van der Waals surface area contributed by atoms with Gasteiger partial charge in [-0.3, -0.25) is 4.79 Å². The Hall–Kier alpha value is -1.06. The zero-order valence-corrected chi connectivity index (χ0v) is 14.3. The molecule has 0 radical (unpaired) electrons. The molecule has 2 fully saturated rings. The number of Topliss-reactive ketones (excluding diaryl/α,β-unsaturated/α-hetero) is 1. The van der Waals surface area contributed by atoms with Crippen LogP contribution in [0.1, 0.15) is 60.8 Å².